The van der Waals surface area contributed by atoms with Crippen LogP contribution in [0.25, 0.3) is 0 Å². The number of nitrogens with zero attached hydrogens (tertiary/aromatic N) is 3. The van der Waals surface area contributed by atoms with Gasteiger partial charge in [-0.3, -0.25) is 4.98 Å². The van der Waals surface area contributed by atoms with Gasteiger partial charge in [0.15, 0.2) is 0 Å². The fourth-order valence-corrected chi connectivity index (χ4v) is 2.50. The maximum Gasteiger partial charge on any atom is 0.416 e. The Morgan fingerprint density at radius 1 is 1.11 bits per heavy atom. The third kappa shape index (κ3) is 5.07. The lowest BCUT2D eigenvalue weighted by atomic mass is 10.2. The van der Waals surface area contributed by atoms with E-state index in [2.05, 4.69) is 25.6 Å². The van der Waals surface area contributed by atoms with Crippen molar-refractivity contribution in [3.05, 3.63) is 70.6 Å². The van der Waals surface area contributed by atoms with Crippen LogP contribution < -0.4 is 10.6 Å². The molecule has 1 aromatic carbocycles. The minimum absolute atomic E-state index is 0.114. The number of anilines is 3. The summed E-state index contributed by atoms with van der Waals surface area (Å²) in [6.45, 7) is 2.22. The van der Waals surface area contributed by atoms with E-state index in [0.29, 0.717) is 24.0 Å². The second-order valence-electron chi connectivity index (χ2n) is 5.75. The molecular formula is C18H15ClF3N5. The van der Waals surface area contributed by atoms with Crippen LogP contribution in [0.4, 0.5) is 30.6 Å². The van der Waals surface area contributed by atoms with Gasteiger partial charge in [-0.15, -0.1) is 0 Å². The number of alkyl halides is 3. The molecule has 140 valence electrons. The molecule has 3 rings (SSSR count). The van der Waals surface area contributed by atoms with E-state index in [4.69, 9.17) is 11.6 Å². The number of aryl methyl sites for hydroxylation is 1. The Labute approximate surface area is 158 Å². The van der Waals surface area contributed by atoms with Gasteiger partial charge < -0.3 is 10.6 Å². The lowest BCUT2D eigenvalue weighted by molar-refractivity contribution is -0.137. The van der Waals surface area contributed by atoms with E-state index >= 15 is 0 Å². The van der Waals surface area contributed by atoms with Crippen molar-refractivity contribution in [2.75, 3.05) is 10.6 Å². The first-order valence-corrected chi connectivity index (χ1v) is 8.31. The molecule has 3 aromatic rings. The van der Waals surface area contributed by atoms with Crippen LogP contribution >= 0.6 is 11.6 Å². The first kappa shape index (κ1) is 18.9. The van der Waals surface area contributed by atoms with Crippen molar-refractivity contribution in [2.45, 2.75) is 19.6 Å². The molecule has 0 aliphatic heterocycles. The number of benzene rings is 1. The number of hydrogen-bond donors (Lipinski definition) is 2. The number of nitrogens with one attached hydrogen (secondary N) is 2. The lowest BCUT2D eigenvalue weighted by Crippen LogP contribution is -2.08. The highest BCUT2D eigenvalue weighted by Gasteiger charge is 2.31. The second kappa shape index (κ2) is 7.79. The Hall–Kier alpha value is -2.87. The monoisotopic (exact) mass is 393 g/mol. The Balaban J connectivity index is 1.80. The summed E-state index contributed by atoms with van der Waals surface area (Å²) in [4.78, 5) is 12.6. The number of aromatic nitrogens is 3. The number of hydrogen-bond acceptors (Lipinski definition) is 5. The highest BCUT2D eigenvalue weighted by atomic mass is 35.5. The normalized spacial score (nSPS) is 11.3. The number of halogens is 4. The van der Waals surface area contributed by atoms with E-state index in [1.165, 1.54) is 6.07 Å². The molecule has 2 heterocycles. The molecule has 0 spiro atoms. The quantitative estimate of drug-likeness (QED) is 0.623. The predicted octanol–water partition coefficient (Wildman–Crippen LogP) is 5.21. The third-order valence-electron chi connectivity index (χ3n) is 3.58. The van der Waals surface area contributed by atoms with Gasteiger partial charge in [-0.25, -0.2) is 4.98 Å². The summed E-state index contributed by atoms with van der Waals surface area (Å²) in [5.41, 5.74) is 0.903. The molecule has 27 heavy (non-hydrogen) atoms. The molecule has 0 aliphatic rings. The summed E-state index contributed by atoms with van der Waals surface area (Å²) in [5, 5.41) is 6.05. The highest BCUT2D eigenvalue weighted by Crippen LogP contribution is 2.34. The third-order valence-corrected chi connectivity index (χ3v) is 3.91. The molecule has 5 nitrogen and oxygen atoms in total. The van der Waals surface area contributed by atoms with Gasteiger partial charge >= 0.3 is 6.18 Å². The maximum absolute atomic E-state index is 12.9. The number of rotatable bonds is 5. The van der Waals surface area contributed by atoms with E-state index in [9.17, 15) is 13.2 Å². The molecule has 2 N–H and O–H groups in total. The van der Waals surface area contributed by atoms with Crippen LogP contribution in [-0.2, 0) is 12.7 Å². The minimum Gasteiger partial charge on any atom is -0.350 e. The van der Waals surface area contributed by atoms with Crippen LogP contribution in [0.15, 0.2) is 48.8 Å². The molecule has 0 amide bonds. The zero-order valence-electron chi connectivity index (χ0n) is 14.2. The van der Waals surface area contributed by atoms with Crippen molar-refractivity contribution in [3.63, 3.8) is 0 Å². The summed E-state index contributed by atoms with van der Waals surface area (Å²) in [7, 11) is 0. The van der Waals surface area contributed by atoms with E-state index in [1.54, 1.807) is 25.4 Å². The molecule has 0 bridgehead atoms. The molecule has 0 fully saturated rings. The summed E-state index contributed by atoms with van der Waals surface area (Å²) in [5.74, 6) is 0.668. The molecule has 0 radical (unpaired) electrons. The number of pyridine rings is 1. The average molecular weight is 394 g/mol. The first-order valence-electron chi connectivity index (χ1n) is 7.93. The fraction of sp³-hybridized carbons (Fsp3) is 0.167. The summed E-state index contributed by atoms with van der Waals surface area (Å²) < 4.78 is 38.7. The largest absolute Gasteiger partial charge is 0.416 e. The van der Waals surface area contributed by atoms with Crippen LogP contribution in [0, 0.1) is 6.92 Å². The Morgan fingerprint density at radius 3 is 2.63 bits per heavy atom. The summed E-state index contributed by atoms with van der Waals surface area (Å²) in [6.07, 6.45) is -1.07. The van der Waals surface area contributed by atoms with Crippen molar-refractivity contribution in [1.29, 1.82) is 0 Å². The topological polar surface area (TPSA) is 62.7 Å². The maximum atomic E-state index is 12.9. The summed E-state index contributed by atoms with van der Waals surface area (Å²) in [6, 6.07) is 8.41. The van der Waals surface area contributed by atoms with E-state index < -0.39 is 11.7 Å². The SMILES string of the molecule is Cc1cc(Nc2cc(C(F)(F)F)ccc2Cl)nc(NCc2cccnc2)n1. The van der Waals surface area contributed by atoms with Gasteiger partial charge in [0.05, 0.1) is 16.3 Å². The highest BCUT2D eigenvalue weighted by molar-refractivity contribution is 6.33. The van der Waals surface area contributed by atoms with E-state index in [0.717, 1.165) is 17.7 Å². The van der Waals surface area contributed by atoms with Gasteiger partial charge in [0.25, 0.3) is 0 Å². The van der Waals surface area contributed by atoms with E-state index in [-0.39, 0.29) is 10.7 Å². The van der Waals surface area contributed by atoms with Crippen LogP contribution in [0.2, 0.25) is 5.02 Å². The molecule has 0 saturated heterocycles. The van der Waals surface area contributed by atoms with Crippen LogP contribution in [-0.4, -0.2) is 15.0 Å². The smallest absolute Gasteiger partial charge is 0.350 e. The van der Waals surface area contributed by atoms with Gasteiger partial charge in [0, 0.05) is 30.7 Å². The zero-order valence-corrected chi connectivity index (χ0v) is 14.9. The van der Waals surface area contributed by atoms with Crippen LogP contribution in [0.5, 0.6) is 0 Å². The average Bonchev–Trinajstić information content (AvgIpc) is 2.61. The lowest BCUT2D eigenvalue weighted by Gasteiger charge is -2.13. The Bertz CT molecular complexity index is 932. The van der Waals surface area contributed by atoms with Gasteiger partial charge in [-0.2, -0.15) is 18.2 Å². The molecule has 9 heteroatoms. The standard InChI is InChI=1S/C18H15ClF3N5/c1-11-7-16(26-15-8-13(18(20,21)22)4-5-14(15)19)27-17(25-11)24-10-12-3-2-6-23-9-12/h2-9H,10H2,1H3,(H2,24,25,26,27). The van der Waals surface area contributed by atoms with Crippen molar-refractivity contribution < 1.29 is 13.2 Å². The molecule has 0 unspecified atom stereocenters. The van der Waals surface area contributed by atoms with E-state index in [1.807, 2.05) is 12.1 Å². The van der Waals surface area contributed by atoms with Crippen LogP contribution in [0.1, 0.15) is 16.8 Å². The van der Waals surface area contributed by atoms with Gasteiger partial charge in [-0.1, -0.05) is 17.7 Å². The molecule has 0 atom stereocenters. The molecule has 0 aliphatic carbocycles. The molecule has 2 aromatic heterocycles. The first-order chi connectivity index (χ1) is 12.8. The fourth-order valence-electron chi connectivity index (χ4n) is 2.33. The zero-order chi connectivity index (χ0) is 19.4. The van der Waals surface area contributed by atoms with Crippen LogP contribution in [0.3, 0.4) is 0 Å². The predicted molar refractivity (Wildman–Crippen MR) is 98.1 cm³/mol. The Kier molecular flexibility index (Phi) is 5.46. The van der Waals surface area contributed by atoms with Gasteiger partial charge in [0.1, 0.15) is 5.82 Å². The van der Waals surface area contributed by atoms with Crippen molar-refractivity contribution >= 4 is 29.1 Å². The van der Waals surface area contributed by atoms with Gasteiger partial charge in [-0.05, 0) is 36.8 Å². The second-order valence-corrected chi connectivity index (χ2v) is 6.16. The van der Waals surface area contributed by atoms with Crippen molar-refractivity contribution in [3.8, 4) is 0 Å². The Morgan fingerprint density at radius 2 is 1.93 bits per heavy atom. The van der Waals surface area contributed by atoms with Crippen molar-refractivity contribution in [2.24, 2.45) is 0 Å². The summed E-state index contributed by atoms with van der Waals surface area (Å²) >= 11 is 6.02. The van der Waals surface area contributed by atoms with Gasteiger partial charge in [0.2, 0.25) is 5.95 Å². The molecular weight excluding hydrogens is 379 g/mol. The molecule has 0 saturated carbocycles. The van der Waals surface area contributed by atoms with Crippen molar-refractivity contribution in [1.82, 2.24) is 15.0 Å². The minimum atomic E-state index is -4.46.